The lowest BCUT2D eigenvalue weighted by Gasteiger charge is -2.52. The average Bonchev–Trinajstić information content (AvgIpc) is 2.94. The molecule has 2 saturated heterocycles. The van der Waals surface area contributed by atoms with Gasteiger partial charge in [0.05, 0.1) is 12.0 Å². The molecular formula is C21H34N2O3. The van der Waals surface area contributed by atoms with Crippen molar-refractivity contribution >= 4 is 5.97 Å². The Morgan fingerprint density at radius 1 is 1.27 bits per heavy atom. The molecule has 0 aromatic rings. The van der Waals surface area contributed by atoms with E-state index in [9.17, 15) is 9.90 Å². The molecule has 2 heterocycles. The summed E-state index contributed by atoms with van der Waals surface area (Å²) in [6.07, 6.45) is 4.68. The van der Waals surface area contributed by atoms with Crippen molar-refractivity contribution in [3.05, 3.63) is 11.6 Å². The lowest BCUT2D eigenvalue weighted by molar-refractivity contribution is -0.145. The van der Waals surface area contributed by atoms with Crippen LogP contribution in [-0.4, -0.2) is 72.4 Å². The van der Waals surface area contributed by atoms with Gasteiger partial charge in [-0.1, -0.05) is 32.4 Å². The number of piperazine rings is 1. The molecule has 0 spiro atoms. The predicted octanol–water partition coefficient (Wildman–Crippen LogP) is 1.91. The highest BCUT2D eigenvalue weighted by atomic mass is 16.6. The molecule has 0 unspecified atom stereocenters. The van der Waals surface area contributed by atoms with E-state index < -0.39 is 6.10 Å². The Morgan fingerprint density at radius 3 is 2.65 bits per heavy atom. The molecule has 146 valence electrons. The molecule has 0 aromatic carbocycles. The third-order valence-corrected chi connectivity index (χ3v) is 7.94. The Balaban J connectivity index is 1.52. The van der Waals surface area contributed by atoms with Gasteiger partial charge in [-0.15, -0.1) is 0 Å². The van der Waals surface area contributed by atoms with Crippen molar-refractivity contribution in [2.24, 2.45) is 23.2 Å². The number of aliphatic hydroxyl groups is 1. The first-order valence-electron chi connectivity index (χ1n) is 10.5. The summed E-state index contributed by atoms with van der Waals surface area (Å²) in [7, 11) is 0. The molecule has 0 bridgehead atoms. The fourth-order valence-corrected chi connectivity index (χ4v) is 5.84. The van der Waals surface area contributed by atoms with Crippen LogP contribution >= 0.6 is 0 Å². The van der Waals surface area contributed by atoms with Crippen LogP contribution < -0.4 is 0 Å². The number of carbonyl (C=O) groups excluding carboxylic acids is 1. The molecule has 4 aliphatic rings. The lowest BCUT2D eigenvalue weighted by Crippen LogP contribution is -2.55. The van der Waals surface area contributed by atoms with E-state index in [1.165, 1.54) is 5.57 Å². The Labute approximate surface area is 157 Å². The highest BCUT2D eigenvalue weighted by Crippen LogP contribution is 2.56. The second-order valence-corrected chi connectivity index (χ2v) is 9.03. The van der Waals surface area contributed by atoms with Crippen molar-refractivity contribution in [3.8, 4) is 0 Å². The minimum atomic E-state index is -0.490. The second-order valence-electron chi connectivity index (χ2n) is 9.03. The summed E-state index contributed by atoms with van der Waals surface area (Å²) in [5, 5.41) is 11.4. The molecule has 5 nitrogen and oxygen atoms in total. The van der Waals surface area contributed by atoms with Crippen LogP contribution in [0, 0.1) is 23.2 Å². The largest absolute Gasteiger partial charge is 0.461 e. The van der Waals surface area contributed by atoms with Crippen LogP contribution in [0.15, 0.2) is 11.6 Å². The molecule has 4 rings (SSSR count). The Morgan fingerprint density at radius 2 is 1.96 bits per heavy atom. The third kappa shape index (κ3) is 2.83. The number of aliphatic hydroxyl groups excluding tert-OH is 1. The number of fused-ring (bicyclic) bond motifs is 2. The minimum Gasteiger partial charge on any atom is -0.461 e. The molecule has 6 atom stereocenters. The zero-order valence-electron chi connectivity index (χ0n) is 16.5. The van der Waals surface area contributed by atoms with E-state index in [1.54, 1.807) is 0 Å². The van der Waals surface area contributed by atoms with Crippen molar-refractivity contribution in [3.63, 3.8) is 0 Å². The molecule has 5 heteroatoms. The molecule has 2 aliphatic carbocycles. The van der Waals surface area contributed by atoms with Crippen LogP contribution in [0.4, 0.5) is 0 Å². The van der Waals surface area contributed by atoms with Gasteiger partial charge in [-0.05, 0) is 25.3 Å². The van der Waals surface area contributed by atoms with Crippen LogP contribution in [0.2, 0.25) is 0 Å². The fraction of sp³-hybridized carbons (Fsp3) is 0.857. The van der Waals surface area contributed by atoms with Crippen LogP contribution in [0.25, 0.3) is 0 Å². The van der Waals surface area contributed by atoms with Crippen LogP contribution in [-0.2, 0) is 9.53 Å². The van der Waals surface area contributed by atoms with Crippen LogP contribution in [0.5, 0.6) is 0 Å². The van der Waals surface area contributed by atoms with E-state index in [0.29, 0.717) is 5.92 Å². The summed E-state index contributed by atoms with van der Waals surface area (Å²) in [4.78, 5) is 17.5. The fourth-order valence-electron chi connectivity index (χ4n) is 5.84. The van der Waals surface area contributed by atoms with Gasteiger partial charge in [0, 0.05) is 50.5 Å². The Bertz CT molecular complexity index is 584. The highest BCUT2D eigenvalue weighted by Gasteiger charge is 2.59. The van der Waals surface area contributed by atoms with Crippen LogP contribution in [0.1, 0.15) is 40.0 Å². The number of hydrogen-bond acceptors (Lipinski definition) is 5. The number of carbonyl (C=O) groups is 1. The molecule has 0 amide bonds. The molecule has 0 radical (unpaired) electrons. The molecule has 1 N–H and O–H groups in total. The highest BCUT2D eigenvalue weighted by molar-refractivity contribution is 5.76. The molecule has 0 aromatic heterocycles. The maximum atomic E-state index is 12.7. The Kier molecular flexibility index (Phi) is 4.91. The van der Waals surface area contributed by atoms with Gasteiger partial charge >= 0.3 is 5.97 Å². The number of ether oxygens (including phenoxy) is 1. The van der Waals surface area contributed by atoms with Gasteiger partial charge in [0.2, 0.25) is 0 Å². The van der Waals surface area contributed by atoms with Gasteiger partial charge in [0.25, 0.3) is 0 Å². The van der Waals surface area contributed by atoms with Crippen LogP contribution in [0.3, 0.4) is 0 Å². The van der Waals surface area contributed by atoms with E-state index in [0.717, 1.165) is 58.5 Å². The molecule has 3 fully saturated rings. The maximum absolute atomic E-state index is 12.7. The first-order valence-corrected chi connectivity index (χ1v) is 10.5. The second kappa shape index (κ2) is 6.92. The normalized spacial score (nSPS) is 44.2. The number of hydrogen-bond donors (Lipinski definition) is 1. The van der Waals surface area contributed by atoms with E-state index in [1.807, 2.05) is 0 Å². The summed E-state index contributed by atoms with van der Waals surface area (Å²) in [5.74, 6) is 0.112. The molecular weight excluding hydrogens is 328 g/mol. The summed E-state index contributed by atoms with van der Waals surface area (Å²) in [6, 6.07) is 0. The van der Waals surface area contributed by atoms with Gasteiger partial charge in [-0.3, -0.25) is 9.69 Å². The maximum Gasteiger partial charge on any atom is 0.311 e. The average molecular weight is 363 g/mol. The standard InChI is InChI=1S/C21H34N2O3/c1-4-22-8-10-23(11-9-22)13-16-18-17(26-20(16)25)12-15-7-5-6-14(2)21(15,3)19(18)24/h7,14,16-19,24H,4-6,8-13H2,1-3H3/t14-,16-,17-,18+,19+,21-/m0/s1. The SMILES string of the molecule is CCN1CCN(C[C@@H]2C(=O)O[C@H]3CC4=CCC[C@H](C)[C@]4(C)[C@H](O)[C@@H]32)CC1. The zero-order chi connectivity index (χ0) is 18.5. The summed E-state index contributed by atoms with van der Waals surface area (Å²) < 4.78 is 5.78. The number of esters is 1. The quantitative estimate of drug-likeness (QED) is 0.614. The monoisotopic (exact) mass is 362 g/mol. The van der Waals surface area contributed by atoms with Crippen molar-refractivity contribution < 1.29 is 14.6 Å². The van der Waals surface area contributed by atoms with Crippen molar-refractivity contribution in [2.75, 3.05) is 39.3 Å². The number of likely N-dealkylation sites (N-methyl/N-ethyl adjacent to an activating group) is 1. The molecule has 26 heavy (non-hydrogen) atoms. The van der Waals surface area contributed by atoms with Gasteiger partial charge in [0.1, 0.15) is 6.10 Å². The molecule has 2 aliphatic heterocycles. The number of allylic oxidation sites excluding steroid dienone is 1. The van der Waals surface area contributed by atoms with E-state index in [4.69, 9.17) is 4.74 Å². The van der Waals surface area contributed by atoms with Crippen molar-refractivity contribution in [2.45, 2.75) is 52.2 Å². The van der Waals surface area contributed by atoms with E-state index in [2.05, 4.69) is 36.6 Å². The predicted molar refractivity (Wildman–Crippen MR) is 101 cm³/mol. The van der Waals surface area contributed by atoms with Gasteiger partial charge < -0.3 is 14.7 Å². The smallest absolute Gasteiger partial charge is 0.311 e. The number of nitrogens with zero attached hydrogens (tertiary/aromatic N) is 2. The van der Waals surface area contributed by atoms with Crippen molar-refractivity contribution in [1.29, 1.82) is 0 Å². The van der Waals surface area contributed by atoms with E-state index >= 15 is 0 Å². The first-order chi connectivity index (χ1) is 12.4. The summed E-state index contributed by atoms with van der Waals surface area (Å²) >= 11 is 0. The van der Waals surface area contributed by atoms with Gasteiger partial charge in [0.15, 0.2) is 0 Å². The van der Waals surface area contributed by atoms with Crippen molar-refractivity contribution in [1.82, 2.24) is 9.80 Å². The van der Waals surface area contributed by atoms with Gasteiger partial charge in [-0.25, -0.2) is 0 Å². The Hall–Kier alpha value is -0.910. The van der Waals surface area contributed by atoms with E-state index in [-0.39, 0.29) is 29.3 Å². The minimum absolute atomic E-state index is 0.0607. The topological polar surface area (TPSA) is 53.0 Å². The third-order valence-electron chi connectivity index (χ3n) is 7.94. The summed E-state index contributed by atoms with van der Waals surface area (Å²) in [6.45, 7) is 12.6. The lowest BCUT2D eigenvalue weighted by atomic mass is 9.55. The summed E-state index contributed by atoms with van der Waals surface area (Å²) in [5.41, 5.74) is 1.11. The van der Waals surface area contributed by atoms with Gasteiger partial charge in [-0.2, -0.15) is 0 Å². The zero-order valence-corrected chi connectivity index (χ0v) is 16.5. The molecule has 1 saturated carbocycles. The first kappa shape index (κ1) is 18.5. The number of rotatable bonds is 3.